The van der Waals surface area contributed by atoms with E-state index in [1.165, 1.54) is 18.8 Å². The van der Waals surface area contributed by atoms with Gasteiger partial charge in [-0.05, 0) is 12.0 Å². The molecule has 0 aliphatic carbocycles. The molecular formula is C15H19N3O3. The molecule has 0 bridgehead atoms. The van der Waals surface area contributed by atoms with Gasteiger partial charge in [0.1, 0.15) is 0 Å². The summed E-state index contributed by atoms with van der Waals surface area (Å²) in [6, 6.07) is 6.98. The lowest BCUT2D eigenvalue weighted by atomic mass is 10.1. The first kappa shape index (κ1) is 15.2. The van der Waals surface area contributed by atoms with Crippen molar-refractivity contribution in [2.45, 2.75) is 20.4 Å². The molecular weight excluding hydrogens is 270 g/mol. The van der Waals surface area contributed by atoms with Crippen LogP contribution < -0.4 is 5.56 Å². The number of hydroxylamine groups is 2. The Labute approximate surface area is 122 Å². The summed E-state index contributed by atoms with van der Waals surface area (Å²) in [5.41, 5.74) is 0.0334. The number of hydrogen-bond acceptors (Lipinski definition) is 4. The summed E-state index contributed by atoms with van der Waals surface area (Å²) in [6.45, 7) is 4.44. The van der Waals surface area contributed by atoms with E-state index >= 15 is 0 Å². The summed E-state index contributed by atoms with van der Waals surface area (Å²) in [4.78, 5) is 29.7. The molecule has 1 heterocycles. The van der Waals surface area contributed by atoms with Gasteiger partial charge in [0, 0.05) is 19.0 Å². The van der Waals surface area contributed by atoms with E-state index in [2.05, 4.69) is 5.10 Å². The Hall–Kier alpha value is -2.21. The first-order valence-electron chi connectivity index (χ1n) is 6.77. The summed E-state index contributed by atoms with van der Waals surface area (Å²) >= 11 is 0. The number of aromatic nitrogens is 2. The highest BCUT2D eigenvalue weighted by molar-refractivity contribution is 6.04. The van der Waals surface area contributed by atoms with Gasteiger partial charge in [-0.3, -0.25) is 14.4 Å². The first-order valence-corrected chi connectivity index (χ1v) is 6.77. The maximum atomic E-state index is 12.4. The molecule has 0 saturated heterocycles. The molecule has 2 rings (SSSR count). The SMILES string of the molecule is CON(C)C(=O)c1nn(CC(C)C)c(=O)c2ccccc12. The van der Waals surface area contributed by atoms with Gasteiger partial charge in [0.25, 0.3) is 11.5 Å². The number of hydrogen-bond donors (Lipinski definition) is 0. The normalized spacial score (nSPS) is 11.1. The minimum Gasteiger partial charge on any atom is -0.274 e. The van der Waals surface area contributed by atoms with E-state index in [0.717, 1.165) is 5.06 Å². The summed E-state index contributed by atoms with van der Waals surface area (Å²) < 4.78 is 1.35. The number of carbonyl (C=O) groups excluding carboxylic acids is 1. The third-order valence-electron chi connectivity index (χ3n) is 3.17. The average Bonchev–Trinajstić information content (AvgIpc) is 2.48. The molecule has 1 aromatic heterocycles. The van der Waals surface area contributed by atoms with Crippen LogP contribution in [0.2, 0.25) is 0 Å². The smallest absolute Gasteiger partial charge is 0.274 e. The molecule has 0 spiro atoms. The van der Waals surface area contributed by atoms with Gasteiger partial charge >= 0.3 is 0 Å². The summed E-state index contributed by atoms with van der Waals surface area (Å²) in [7, 11) is 2.92. The zero-order valence-electron chi connectivity index (χ0n) is 12.7. The van der Waals surface area contributed by atoms with Gasteiger partial charge in [0.15, 0.2) is 5.69 Å². The molecule has 2 aromatic rings. The van der Waals surface area contributed by atoms with E-state index in [1.54, 1.807) is 24.3 Å². The number of rotatable bonds is 4. The minimum atomic E-state index is -0.383. The predicted molar refractivity (Wildman–Crippen MR) is 79.9 cm³/mol. The molecule has 112 valence electrons. The maximum Gasteiger partial charge on any atom is 0.298 e. The molecule has 0 N–H and O–H groups in total. The average molecular weight is 289 g/mol. The fraction of sp³-hybridized carbons (Fsp3) is 0.400. The highest BCUT2D eigenvalue weighted by Crippen LogP contribution is 2.15. The Balaban J connectivity index is 2.71. The number of amides is 1. The summed E-state index contributed by atoms with van der Waals surface area (Å²) in [6.07, 6.45) is 0. The second-order valence-electron chi connectivity index (χ2n) is 5.26. The standard InChI is InChI=1S/C15H19N3O3/c1-10(2)9-18-14(19)12-8-6-5-7-11(12)13(16-18)15(20)17(3)21-4/h5-8,10H,9H2,1-4H3. The molecule has 0 aliphatic rings. The fourth-order valence-corrected chi connectivity index (χ4v) is 2.09. The number of benzene rings is 1. The highest BCUT2D eigenvalue weighted by Gasteiger charge is 2.20. The molecule has 1 aromatic carbocycles. The Morgan fingerprint density at radius 3 is 2.52 bits per heavy atom. The van der Waals surface area contributed by atoms with E-state index in [4.69, 9.17) is 4.84 Å². The van der Waals surface area contributed by atoms with Gasteiger partial charge in [-0.25, -0.2) is 9.75 Å². The highest BCUT2D eigenvalue weighted by atomic mass is 16.7. The van der Waals surface area contributed by atoms with Crippen LogP contribution in [0.3, 0.4) is 0 Å². The van der Waals surface area contributed by atoms with Crippen molar-refractivity contribution in [1.82, 2.24) is 14.8 Å². The van der Waals surface area contributed by atoms with Crippen LogP contribution in [-0.2, 0) is 11.4 Å². The topological polar surface area (TPSA) is 64.4 Å². The van der Waals surface area contributed by atoms with Crippen molar-refractivity contribution >= 4 is 16.7 Å². The van der Waals surface area contributed by atoms with Crippen LogP contribution in [0.4, 0.5) is 0 Å². The lowest BCUT2D eigenvalue weighted by molar-refractivity contribution is -0.0760. The molecule has 0 atom stereocenters. The van der Waals surface area contributed by atoms with Crippen LogP contribution >= 0.6 is 0 Å². The fourth-order valence-electron chi connectivity index (χ4n) is 2.09. The zero-order chi connectivity index (χ0) is 15.6. The quantitative estimate of drug-likeness (QED) is 0.803. The molecule has 6 heteroatoms. The van der Waals surface area contributed by atoms with Crippen LogP contribution in [-0.4, -0.2) is 34.9 Å². The van der Waals surface area contributed by atoms with Gasteiger partial charge in [0.05, 0.1) is 12.5 Å². The number of carbonyl (C=O) groups is 1. The Bertz CT molecular complexity index is 722. The Morgan fingerprint density at radius 1 is 1.33 bits per heavy atom. The molecule has 0 aliphatic heterocycles. The predicted octanol–water partition coefficient (Wildman–Crippen LogP) is 1.69. The monoisotopic (exact) mass is 289 g/mol. The molecule has 0 radical (unpaired) electrons. The van der Waals surface area contributed by atoms with E-state index in [1.807, 2.05) is 13.8 Å². The van der Waals surface area contributed by atoms with Crippen molar-refractivity contribution in [2.24, 2.45) is 5.92 Å². The van der Waals surface area contributed by atoms with Gasteiger partial charge in [0.2, 0.25) is 0 Å². The number of fused-ring (bicyclic) bond motifs is 1. The summed E-state index contributed by atoms with van der Waals surface area (Å²) in [5, 5.41) is 6.36. The van der Waals surface area contributed by atoms with Crippen molar-refractivity contribution in [2.75, 3.05) is 14.2 Å². The van der Waals surface area contributed by atoms with Gasteiger partial charge in [-0.15, -0.1) is 0 Å². The second-order valence-corrected chi connectivity index (χ2v) is 5.26. The van der Waals surface area contributed by atoms with Crippen LogP contribution in [0.15, 0.2) is 29.1 Å². The van der Waals surface area contributed by atoms with E-state index in [0.29, 0.717) is 17.3 Å². The largest absolute Gasteiger partial charge is 0.298 e. The lowest BCUT2D eigenvalue weighted by Crippen LogP contribution is -2.32. The van der Waals surface area contributed by atoms with Crippen molar-refractivity contribution in [3.05, 3.63) is 40.3 Å². The van der Waals surface area contributed by atoms with E-state index < -0.39 is 0 Å². The molecule has 0 saturated carbocycles. The molecule has 6 nitrogen and oxygen atoms in total. The van der Waals surface area contributed by atoms with Crippen molar-refractivity contribution in [1.29, 1.82) is 0 Å². The third-order valence-corrected chi connectivity index (χ3v) is 3.17. The van der Waals surface area contributed by atoms with Crippen molar-refractivity contribution in [3.8, 4) is 0 Å². The van der Waals surface area contributed by atoms with Crippen molar-refractivity contribution in [3.63, 3.8) is 0 Å². The minimum absolute atomic E-state index is 0.184. The second kappa shape index (κ2) is 6.05. The number of nitrogens with zero attached hydrogens (tertiary/aromatic N) is 3. The van der Waals surface area contributed by atoms with E-state index in [9.17, 15) is 9.59 Å². The Kier molecular flexibility index (Phi) is 4.37. The first-order chi connectivity index (χ1) is 9.95. The van der Waals surface area contributed by atoms with Crippen molar-refractivity contribution < 1.29 is 9.63 Å². The van der Waals surface area contributed by atoms with E-state index in [-0.39, 0.29) is 23.1 Å². The lowest BCUT2D eigenvalue weighted by Gasteiger charge is -2.16. The van der Waals surface area contributed by atoms with Gasteiger partial charge in [-0.1, -0.05) is 32.0 Å². The van der Waals surface area contributed by atoms with Crippen LogP contribution in [0.1, 0.15) is 24.3 Å². The zero-order valence-corrected chi connectivity index (χ0v) is 12.7. The van der Waals surface area contributed by atoms with Crippen LogP contribution in [0.25, 0.3) is 10.8 Å². The molecule has 1 amide bonds. The molecule has 0 fully saturated rings. The van der Waals surface area contributed by atoms with Crippen LogP contribution in [0.5, 0.6) is 0 Å². The molecule has 0 unspecified atom stereocenters. The summed E-state index contributed by atoms with van der Waals surface area (Å²) in [5.74, 6) is -0.134. The van der Waals surface area contributed by atoms with Gasteiger partial charge < -0.3 is 0 Å². The molecule has 21 heavy (non-hydrogen) atoms. The Morgan fingerprint density at radius 2 is 1.95 bits per heavy atom. The van der Waals surface area contributed by atoms with Crippen LogP contribution in [0, 0.1) is 5.92 Å². The van der Waals surface area contributed by atoms with Gasteiger partial charge in [-0.2, -0.15) is 5.10 Å². The maximum absolute atomic E-state index is 12.4. The third kappa shape index (κ3) is 2.95.